The van der Waals surface area contributed by atoms with Gasteiger partial charge < -0.3 is 10.1 Å². The Morgan fingerprint density at radius 1 is 1.10 bits per heavy atom. The lowest BCUT2D eigenvalue weighted by Gasteiger charge is -2.11. The average Bonchev–Trinajstić information content (AvgIpc) is 2.94. The predicted molar refractivity (Wildman–Crippen MR) is 80.9 cm³/mol. The first-order valence-electron chi connectivity index (χ1n) is 6.55. The van der Waals surface area contributed by atoms with Crippen molar-refractivity contribution in [3.05, 3.63) is 59.8 Å². The fourth-order valence-electron chi connectivity index (χ4n) is 2.50. The molecule has 0 aliphatic rings. The number of aromatic amines is 1. The number of aliphatic hydroxyl groups excluding tert-OH is 1. The molecular formula is C16H15NO3S. The van der Waals surface area contributed by atoms with Gasteiger partial charge in [0.15, 0.2) is 0 Å². The van der Waals surface area contributed by atoms with Crippen LogP contribution >= 0.6 is 0 Å². The summed E-state index contributed by atoms with van der Waals surface area (Å²) in [5.41, 5.74) is 2.11. The number of nitrogens with one attached hydrogen (secondary N) is 1. The number of aliphatic hydroxyl groups is 1. The maximum atomic E-state index is 12.9. The van der Waals surface area contributed by atoms with Gasteiger partial charge in [0.25, 0.3) is 0 Å². The number of H-pyrrole nitrogens is 1. The summed E-state index contributed by atoms with van der Waals surface area (Å²) < 4.78 is 25.8. The van der Waals surface area contributed by atoms with Gasteiger partial charge in [0.1, 0.15) is 0 Å². The van der Waals surface area contributed by atoms with Gasteiger partial charge in [-0.3, -0.25) is 0 Å². The fourth-order valence-corrected chi connectivity index (χ4v) is 4.18. The van der Waals surface area contributed by atoms with Crippen LogP contribution in [0, 0.1) is 6.92 Å². The topological polar surface area (TPSA) is 70.2 Å². The zero-order chi connectivity index (χ0) is 15.0. The van der Waals surface area contributed by atoms with E-state index in [1.54, 1.807) is 42.6 Å². The monoisotopic (exact) mass is 301 g/mol. The van der Waals surface area contributed by atoms with E-state index in [9.17, 15) is 13.5 Å². The molecule has 0 unspecified atom stereocenters. The van der Waals surface area contributed by atoms with E-state index in [4.69, 9.17) is 0 Å². The molecule has 2 N–H and O–H groups in total. The Balaban J connectivity index is 2.28. The molecule has 0 aliphatic heterocycles. The van der Waals surface area contributed by atoms with E-state index in [1.165, 1.54) is 0 Å². The second kappa shape index (κ2) is 5.02. The van der Waals surface area contributed by atoms with Gasteiger partial charge in [-0.1, -0.05) is 23.8 Å². The molecule has 0 bridgehead atoms. The number of fused-ring (bicyclic) bond motifs is 1. The molecule has 108 valence electrons. The van der Waals surface area contributed by atoms with Crippen LogP contribution in [-0.2, 0) is 16.4 Å². The number of benzene rings is 2. The number of aromatic nitrogens is 1. The Bertz CT molecular complexity index is 910. The number of sulfone groups is 1. The lowest BCUT2D eigenvalue weighted by Crippen LogP contribution is -2.06. The molecule has 4 nitrogen and oxygen atoms in total. The largest absolute Gasteiger partial charge is 0.392 e. The molecule has 21 heavy (non-hydrogen) atoms. The Hall–Kier alpha value is -2.11. The molecule has 3 aromatic rings. The third kappa shape index (κ3) is 2.24. The number of hydrogen-bond acceptors (Lipinski definition) is 3. The number of rotatable bonds is 3. The summed E-state index contributed by atoms with van der Waals surface area (Å²) >= 11 is 0. The first-order chi connectivity index (χ1) is 10.0. The van der Waals surface area contributed by atoms with Gasteiger partial charge >= 0.3 is 0 Å². The van der Waals surface area contributed by atoms with Crippen LogP contribution < -0.4 is 0 Å². The van der Waals surface area contributed by atoms with Crippen molar-refractivity contribution in [2.24, 2.45) is 0 Å². The zero-order valence-corrected chi connectivity index (χ0v) is 12.3. The van der Waals surface area contributed by atoms with Gasteiger partial charge in [0.2, 0.25) is 9.84 Å². The highest BCUT2D eigenvalue weighted by Gasteiger charge is 2.23. The summed E-state index contributed by atoms with van der Waals surface area (Å²) in [6.07, 6.45) is 1.71. The van der Waals surface area contributed by atoms with E-state index >= 15 is 0 Å². The van der Waals surface area contributed by atoms with Gasteiger partial charge in [-0.25, -0.2) is 8.42 Å². The van der Waals surface area contributed by atoms with Crippen LogP contribution in [0.3, 0.4) is 0 Å². The average molecular weight is 301 g/mol. The van der Waals surface area contributed by atoms with Crippen molar-refractivity contribution in [2.45, 2.75) is 23.3 Å². The van der Waals surface area contributed by atoms with Crippen LogP contribution in [0.5, 0.6) is 0 Å². The van der Waals surface area contributed by atoms with Crippen LogP contribution in [0.1, 0.15) is 11.1 Å². The summed E-state index contributed by atoms with van der Waals surface area (Å²) in [5.74, 6) is 0. The summed E-state index contributed by atoms with van der Waals surface area (Å²) in [6, 6.07) is 11.9. The highest BCUT2D eigenvalue weighted by atomic mass is 32.2. The van der Waals surface area contributed by atoms with E-state index < -0.39 is 9.84 Å². The van der Waals surface area contributed by atoms with Gasteiger partial charge in [0.05, 0.1) is 16.4 Å². The molecule has 0 saturated heterocycles. The van der Waals surface area contributed by atoms with Gasteiger partial charge in [-0.15, -0.1) is 0 Å². The molecule has 0 amide bonds. The molecular weight excluding hydrogens is 286 g/mol. The maximum absolute atomic E-state index is 12.9. The van der Waals surface area contributed by atoms with Crippen molar-refractivity contribution in [1.82, 2.24) is 4.98 Å². The highest BCUT2D eigenvalue weighted by Crippen LogP contribution is 2.30. The minimum Gasteiger partial charge on any atom is -0.392 e. The predicted octanol–water partition coefficient (Wildman–Crippen LogP) is 2.80. The minimum atomic E-state index is -3.67. The van der Waals surface area contributed by atoms with Crippen molar-refractivity contribution in [2.75, 3.05) is 0 Å². The van der Waals surface area contributed by atoms with Crippen LogP contribution in [0.2, 0.25) is 0 Å². The number of aryl methyl sites for hydroxylation is 1. The fraction of sp³-hybridized carbons (Fsp3) is 0.125. The third-order valence-electron chi connectivity index (χ3n) is 3.52. The SMILES string of the molecule is Cc1ccc(S(=O)(=O)c2cccc3[nH]ccc23)c(CO)c1. The molecule has 1 heterocycles. The Kier molecular flexibility index (Phi) is 3.31. The molecule has 0 atom stereocenters. The maximum Gasteiger partial charge on any atom is 0.207 e. The molecule has 0 spiro atoms. The first-order valence-corrected chi connectivity index (χ1v) is 8.04. The summed E-state index contributed by atoms with van der Waals surface area (Å²) in [7, 11) is -3.67. The minimum absolute atomic E-state index is 0.157. The van der Waals surface area contributed by atoms with Gasteiger partial charge in [-0.2, -0.15) is 0 Å². The molecule has 2 aromatic carbocycles. The van der Waals surface area contributed by atoms with Gasteiger partial charge in [0, 0.05) is 17.1 Å². The van der Waals surface area contributed by atoms with Crippen molar-refractivity contribution in [1.29, 1.82) is 0 Å². The van der Waals surface area contributed by atoms with Gasteiger partial charge in [-0.05, 0) is 36.8 Å². The molecule has 0 aliphatic carbocycles. The second-order valence-electron chi connectivity index (χ2n) is 4.97. The third-order valence-corrected chi connectivity index (χ3v) is 5.43. The van der Waals surface area contributed by atoms with E-state index in [1.807, 2.05) is 13.0 Å². The summed E-state index contributed by atoms with van der Waals surface area (Å²) in [4.78, 5) is 3.41. The molecule has 5 heteroatoms. The molecule has 1 aromatic heterocycles. The standard InChI is InChI=1S/C16H15NO3S/c1-11-5-6-15(12(9-11)10-18)21(19,20)16-4-2-3-14-13(16)7-8-17-14/h2-9,17-18H,10H2,1H3. The van der Waals surface area contributed by atoms with E-state index in [0.717, 1.165) is 11.1 Å². The molecule has 0 radical (unpaired) electrons. The zero-order valence-electron chi connectivity index (χ0n) is 11.5. The van der Waals surface area contributed by atoms with E-state index in [0.29, 0.717) is 10.9 Å². The molecule has 0 saturated carbocycles. The highest BCUT2D eigenvalue weighted by molar-refractivity contribution is 7.91. The van der Waals surface area contributed by atoms with Crippen molar-refractivity contribution in [3.63, 3.8) is 0 Å². The Labute approximate surface area is 123 Å². The van der Waals surface area contributed by atoms with Crippen molar-refractivity contribution >= 4 is 20.7 Å². The van der Waals surface area contributed by atoms with E-state index in [-0.39, 0.29) is 16.4 Å². The van der Waals surface area contributed by atoms with E-state index in [2.05, 4.69) is 4.98 Å². The lowest BCUT2D eigenvalue weighted by molar-refractivity contribution is 0.278. The van der Waals surface area contributed by atoms with Crippen molar-refractivity contribution in [3.8, 4) is 0 Å². The lowest BCUT2D eigenvalue weighted by atomic mass is 10.1. The molecule has 3 rings (SSSR count). The number of hydrogen-bond donors (Lipinski definition) is 2. The normalized spacial score (nSPS) is 11.9. The first kappa shape index (κ1) is 13.9. The van der Waals surface area contributed by atoms with Crippen LogP contribution in [-0.4, -0.2) is 18.5 Å². The Morgan fingerprint density at radius 3 is 2.67 bits per heavy atom. The van der Waals surface area contributed by atoms with Crippen LogP contribution in [0.15, 0.2) is 58.5 Å². The van der Waals surface area contributed by atoms with Crippen molar-refractivity contribution < 1.29 is 13.5 Å². The smallest absolute Gasteiger partial charge is 0.207 e. The Morgan fingerprint density at radius 2 is 1.90 bits per heavy atom. The summed E-state index contributed by atoms with van der Waals surface area (Å²) in [6.45, 7) is 1.56. The quantitative estimate of drug-likeness (QED) is 0.781. The van der Waals surface area contributed by atoms with Crippen LogP contribution in [0.25, 0.3) is 10.9 Å². The second-order valence-corrected chi connectivity index (χ2v) is 6.85. The summed E-state index contributed by atoms with van der Waals surface area (Å²) in [5, 5.41) is 10.1. The molecule has 0 fully saturated rings. The van der Waals surface area contributed by atoms with Crippen LogP contribution in [0.4, 0.5) is 0 Å².